The molecule has 1 aromatic carbocycles. The number of hydrogen-bond donors (Lipinski definition) is 1. The lowest BCUT2D eigenvalue weighted by molar-refractivity contribution is 0.0694. The Morgan fingerprint density at radius 2 is 1.91 bits per heavy atom. The summed E-state index contributed by atoms with van der Waals surface area (Å²) in [5, 5.41) is 3.24. The zero-order valence-corrected chi connectivity index (χ0v) is 13.6. The molecule has 6 nitrogen and oxygen atoms in total. The molecular formula is C16H24N2O4. The number of piperidine rings is 1. The standard InChI is InChI=1S/C16H24N2O4/c1-17-11-6-5-9-18(10-11)16(19)12-7-8-13(20-2)15(22-4)14(12)21-3/h7-8,11,17H,5-6,9-10H2,1-4H3. The lowest BCUT2D eigenvalue weighted by Gasteiger charge is -2.33. The molecule has 122 valence electrons. The van der Waals surface area contributed by atoms with Gasteiger partial charge >= 0.3 is 0 Å². The van der Waals surface area contributed by atoms with E-state index in [1.807, 2.05) is 11.9 Å². The number of likely N-dealkylation sites (tertiary alicyclic amines) is 1. The number of rotatable bonds is 5. The topological polar surface area (TPSA) is 60.0 Å². The molecule has 1 atom stereocenters. The molecule has 1 aromatic rings. The molecule has 1 aliphatic rings. The Hall–Kier alpha value is -1.95. The fourth-order valence-electron chi connectivity index (χ4n) is 2.84. The van der Waals surface area contributed by atoms with E-state index in [4.69, 9.17) is 14.2 Å². The van der Waals surface area contributed by atoms with E-state index < -0.39 is 0 Å². The van der Waals surface area contributed by atoms with Crippen molar-refractivity contribution in [3.8, 4) is 17.2 Å². The lowest BCUT2D eigenvalue weighted by Crippen LogP contribution is -2.47. The van der Waals surface area contributed by atoms with Gasteiger partial charge in [0.25, 0.3) is 5.91 Å². The Bertz CT molecular complexity index is 533. The number of nitrogens with zero attached hydrogens (tertiary/aromatic N) is 1. The number of carbonyl (C=O) groups is 1. The number of ether oxygens (including phenoxy) is 3. The average Bonchev–Trinajstić information content (AvgIpc) is 2.59. The van der Waals surface area contributed by atoms with Crippen LogP contribution in [0.5, 0.6) is 17.2 Å². The van der Waals surface area contributed by atoms with Crippen LogP contribution in [0.25, 0.3) is 0 Å². The second kappa shape index (κ2) is 7.35. The molecule has 1 amide bonds. The number of likely N-dealkylation sites (N-methyl/N-ethyl adjacent to an activating group) is 1. The smallest absolute Gasteiger partial charge is 0.257 e. The summed E-state index contributed by atoms with van der Waals surface area (Å²) in [6, 6.07) is 3.79. The average molecular weight is 308 g/mol. The third-order valence-electron chi connectivity index (χ3n) is 4.05. The second-order valence-corrected chi connectivity index (χ2v) is 5.26. The minimum absolute atomic E-state index is 0.0437. The van der Waals surface area contributed by atoms with Crippen molar-refractivity contribution in [1.29, 1.82) is 0 Å². The Kier molecular flexibility index (Phi) is 5.49. The van der Waals surface area contributed by atoms with Gasteiger partial charge in [0.05, 0.1) is 26.9 Å². The predicted molar refractivity (Wildman–Crippen MR) is 84.1 cm³/mol. The van der Waals surface area contributed by atoms with Crippen molar-refractivity contribution in [1.82, 2.24) is 10.2 Å². The van der Waals surface area contributed by atoms with Crippen LogP contribution in [0.1, 0.15) is 23.2 Å². The van der Waals surface area contributed by atoms with Gasteiger partial charge in [-0.2, -0.15) is 0 Å². The summed E-state index contributed by atoms with van der Waals surface area (Å²) in [6.07, 6.45) is 2.08. The summed E-state index contributed by atoms with van der Waals surface area (Å²) < 4.78 is 16.0. The number of methoxy groups -OCH3 is 3. The quantitative estimate of drug-likeness (QED) is 0.894. The van der Waals surface area contributed by atoms with Crippen LogP contribution in [0.2, 0.25) is 0 Å². The summed E-state index contributed by atoms with van der Waals surface area (Å²) in [5.41, 5.74) is 0.497. The summed E-state index contributed by atoms with van der Waals surface area (Å²) in [7, 11) is 6.55. The van der Waals surface area contributed by atoms with Crippen LogP contribution in [-0.2, 0) is 0 Å². The molecule has 22 heavy (non-hydrogen) atoms. The minimum Gasteiger partial charge on any atom is -0.493 e. The van der Waals surface area contributed by atoms with E-state index in [1.54, 1.807) is 19.2 Å². The monoisotopic (exact) mass is 308 g/mol. The first-order chi connectivity index (χ1) is 10.7. The van der Waals surface area contributed by atoms with Gasteiger partial charge in [-0.1, -0.05) is 0 Å². The highest BCUT2D eigenvalue weighted by atomic mass is 16.5. The zero-order chi connectivity index (χ0) is 16.1. The van der Waals surface area contributed by atoms with E-state index in [0.717, 1.165) is 19.4 Å². The number of benzene rings is 1. The highest BCUT2D eigenvalue weighted by molar-refractivity contribution is 5.98. The third kappa shape index (κ3) is 3.11. The van der Waals surface area contributed by atoms with Crippen molar-refractivity contribution in [2.75, 3.05) is 41.5 Å². The van der Waals surface area contributed by atoms with Crippen molar-refractivity contribution in [2.24, 2.45) is 0 Å². The second-order valence-electron chi connectivity index (χ2n) is 5.26. The Morgan fingerprint density at radius 3 is 2.50 bits per heavy atom. The van der Waals surface area contributed by atoms with Crippen LogP contribution in [0.3, 0.4) is 0 Å². The number of amides is 1. The van der Waals surface area contributed by atoms with Crippen molar-refractivity contribution < 1.29 is 19.0 Å². The molecule has 0 saturated carbocycles. The van der Waals surface area contributed by atoms with Gasteiger partial charge in [0, 0.05) is 19.1 Å². The van der Waals surface area contributed by atoms with Gasteiger partial charge in [-0.3, -0.25) is 4.79 Å². The van der Waals surface area contributed by atoms with Gasteiger partial charge in [0.15, 0.2) is 11.5 Å². The molecule has 1 heterocycles. The molecular weight excluding hydrogens is 284 g/mol. The van der Waals surface area contributed by atoms with Crippen molar-refractivity contribution in [3.05, 3.63) is 17.7 Å². The first-order valence-corrected chi connectivity index (χ1v) is 7.41. The van der Waals surface area contributed by atoms with Crippen molar-refractivity contribution in [3.63, 3.8) is 0 Å². The van der Waals surface area contributed by atoms with Crippen molar-refractivity contribution in [2.45, 2.75) is 18.9 Å². The first-order valence-electron chi connectivity index (χ1n) is 7.41. The highest BCUT2D eigenvalue weighted by Gasteiger charge is 2.27. The molecule has 0 aromatic heterocycles. The molecule has 1 N–H and O–H groups in total. The Morgan fingerprint density at radius 1 is 1.18 bits per heavy atom. The van der Waals surface area contributed by atoms with Crippen LogP contribution < -0.4 is 19.5 Å². The summed E-state index contributed by atoms with van der Waals surface area (Å²) in [6.45, 7) is 1.46. The normalized spacial score (nSPS) is 18.0. The van der Waals surface area contributed by atoms with E-state index in [0.29, 0.717) is 35.4 Å². The molecule has 0 spiro atoms. The van der Waals surface area contributed by atoms with Crippen LogP contribution in [-0.4, -0.2) is 58.3 Å². The van der Waals surface area contributed by atoms with E-state index in [1.165, 1.54) is 14.2 Å². The van der Waals surface area contributed by atoms with Gasteiger partial charge in [-0.15, -0.1) is 0 Å². The Balaban J connectivity index is 2.33. The van der Waals surface area contributed by atoms with Gasteiger partial charge in [0.1, 0.15) is 0 Å². The van der Waals surface area contributed by atoms with Gasteiger partial charge in [-0.25, -0.2) is 0 Å². The van der Waals surface area contributed by atoms with Crippen molar-refractivity contribution >= 4 is 5.91 Å². The van der Waals surface area contributed by atoms with E-state index in [9.17, 15) is 4.79 Å². The number of carbonyl (C=O) groups excluding carboxylic acids is 1. The lowest BCUT2D eigenvalue weighted by atomic mass is 10.0. The number of nitrogens with one attached hydrogen (secondary N) is 1. The maximum atomic E-state index is 12.8. The first kappa shape index (κ1) is 16.4. The molecule has 6 heteroatoms. The predicted octanol–water partition coefficient (Wildman–Crippen LogP) is 1.54. The van der Waals surface area contributed by atoms with E-state index in [2.05, 4.69) is 5.32 Å². The minimum atomic E-state index is -0.0437. The maximum absolute atomic E-state index is 12.8. The highest BCUT2D eigenvalue weighted by Crippen LogP contribution is 2.40. The fourth-order valence-corrected chi connectivity index (χ4v) is 2.84. The van der Waals surface area contributed by atoms with Gasteiger partial charge in [0.2, 0.25) is 5.75 Å². The Labute approximate surface area is 131 Å². The van der Waals surface area contributed by atoms with Crippen LogP contribution in [0.15, 0.2) is 12.1 Å². The summed E-state index contributed by atoms with van der Waals surface area (Å²) >= 11 is 0. The summed E-state index contributed by atoms with van der Waals surface area (Å²) in [4.78, 5) is 14.7. The molecule has 0 radical (unpaired) electrons. The molecule has 1 saturated heterocycles. The van der Waals surface area contributed by atoms with E-state index in [-0.39, 0.29) is 5.91 Å². The molecule has 0 aliphatic carbocycles. The molecule has 0 bridgehead atoms. The van der Waals surface area contributed by atoms with Crippen LogP contribution in [0, 0.1) is 0 Å². The zero-order valence-electron chi connectivity index (χ0n) is 13.6. The molecule has 2 rings (SSSR count). The van der Waals surface area contributed by atoms with E-state index >= 15 is 0 Å². The van der Waals surface area contributed by atoms with Gasteiger partial charge in [-0.05, 0) is 32.0 Å². The SMILES string of the molecule is CNC1CCCN(C(=O)c2ccc(OC)c(OC)c2OC)C1. The molecule has 1 aliphatic heterocycles. The number of hydrogen-bond acceptors (Lipinski definition) is 5. The largest absolute Gasteiger partial charge is 0.493 e. The maximum Gasteiger partial charge on any atom is 0.257 e. The third-order valence-corrected chi connectivity index (χ3v) is 4.05. The van der Waals surface area contributed by atoms with Gasteiger partial charge < -0.3 is 24.4 Å². The fraction of sp³-hybridized carbons (Fsp3) is 0.562. The van der Waals surface area contributed by atoms with Crippen LogP contribution >= 0.6 is 0 Å². The van der Waals surface area contributed by atoms with Crippen LogP contribution in [0.4, 0.5) is 0 Å². The molecule has 1 fully saturated rings. The molecule has 1 unspecified atom stereocenters. The summed E-state index contributed by atoms with van der Waals surface area (Å²) in [5.74, 6) is 1.36.